The summed E-state index contributed by atoms with van der Waals surface area (Å²) < 4.78 is 3.72. The summed E-state index contributed by atoms with van der Waals surface area (Å²) in [6.45, 7) is 0. The third kappa shape index (κ3) is 1.50. The van der Waals surface area contributed by atoms with Gasteiger partial charge in [-0.25, -0.2) is 14.0 Å². The van der Waals surface area contributed by atoms with Crippen LogP contribution in [-0.4, -0.2) is 14.3 Å². The van der Waals surface area contributed by atoms with Gasteiger partial charge in [-0.3, -0.25) is 0 Å². The predicted octanol–water partition coefficient (Wildman–Crippen LogP) is 1.33. The molecule has 1 heterocycles. The molecule has 0 N–H and O–H groups in total. The molecule has 2 aromatic rings. The van der Waals surface area contributed by atoms with E-state index in [1.54, 1.807) is 7.05 Å². The Kier molecular flexibility index (Phi) is 2.25. The first-order valence-electron chi connectivity index (χ1n) is 4.05. The molecule has 72 valence electrons. The van der Waals surface area contributed by atoms with Crippen LogP contribution in [0.15, 0.2) is 39.9 Å². The Bertz CT molecular complexity index is 515. The molecule has 0 aliphatic rings. The Labute approximate surface area is 88.9 Å². The van der Waals surface area contributed by atoms with Crippen molar-refractivity contribution in [2.24, 2.45) is 7.05 Å². The smallest absolute Gasteiger partial charge is 0.250 e. The Morgan fingerprint density at radius 1 is 1.43 bits per heavy atom. The lowest BCUT2D eigenvalue weighted by atomic mass is 10.3. The Hall–Kier alpha value is -1.36. The number of benzene rings is 1. The van der Waals surface area contributed by atoms with E-state index in [4.69, 9.17) is 0 Å². The summed E-state index contributed by atoms with van der Waals surface area (Å²) in [6.07, 6.45) is 1.50. The average molecular weight is 254 g/mol. The molecule has 0 amide bonds. The van der Waals surface area contributed by atoms with Crippen molar-refractivity contribution in [1.82, 2.24) is 14.3 Å². The highest BCUT2D eigenvalue weighted by atomic mass is 79.9. The number of aryl methyl sites for hydroxylation is 1. The van der Waals surface area contributed by atoms with Gasteiger partial charge in [-0.1, -0.05) is 22.0 Å². The maximum Gasteiger partial charge on any atom is 0.350 e. The summed E-state index contributed by atoms with van der Waals surface area (Å²) in [5, 5.41) is 3.87. The van der Waals surface area contributed by atoms with Crippen molar-refractivity contribution in [3.63, 3.8) is 0 Å². The van der Waals surface area contributed by atoms with E-state index in [9.17, 15) is 4.79 Å². The van der Waals surface area contributed by atoms with E-state index < -0.39 is 0 Å². The fraction of sp³-hybridized carbons (Fsp3) is 0.111. The number of halogens is 1. The van der Waals surface area contributed by atoms with Crippen LogP contribution in [0.4, 0.5) is 0 Å². The molecule has 0 aliphatic carbocycles. The molecule has 0 bridgehead atoms. The highest BCUT2D eigenvalue weighted by Gasteiger charge is 2.03. The van der Waals surface area contributed by atoms with Crippen LogP contribution in [0, 0.1) is 0 Å². The summed E-state index contributed by atoms with van der Waals surface area (Å²) in [6, 6.07) is 7.50. The molecular formula is C9H8BrN3O. The molecule has 5 heteroatoms. The van der Waals surface area contributed by atoms with Crippen molar-refractivity contribution >= 4 is 15.9 Å². The average Bonchev–Trinajstić information content (AvgIpc) is 2.48. The van der Waals surface area contributed by atoms with Gasteiger partial charge in [0.1, 0.15) is 6.33 Å². The highest BCUT2D eigenvalue weighted by Crippen LogP contribution is 2.13. The van der Waals surface area contributed by atoms with E-state index in [2.05, 4.69) is 21.0 Å². The molecule has 0 atom stereocenters. The lowest BCUT2D eigenvalue weighted by Gasteiger charge is -1.99. The number of hydrogen-bond acceptors (Lipinski definition) is 2. The zero-order chi connectivity index (χ0) is 10.1. The summed E-state index contributed by atoms with van der Waals surface area (Å²) >= 11 is 3.35. The SMILES string of the molecule is Cn1ncn(-c2cccc(Br)c2)c1=O. The van der Waals surface area contributed by atoms with E-state index in [1.165, 1.54) is 15.6 Å². The molecule has 0 spiro atoms. The van der Waals surface area contributed by atoms with E-state index in [0.717, 1.165) is 10.2 Å². The van der Waals surface area contributed by atoms with Crippen LogP contribution in [0.25, 0.3) is 5.69 Å². The van der Waals surface area contributed by atoms with Crippen LogP contribution < -0.4 is 5.69 Å². The monoisotopic (exact) mass is 253 g/mol. The second-order valence-corrected chi connectivity index (χ2v) is 3.80. The van der Waals surface area contributed by atoms with Gasteiger partial charge in [-0.2, -0.15) is 5.10 Å². The van der Waals surface area contributed by atoms with Crippen molar-refractivity contribution in [2.45, 2.75) is 0 Å². The van der Waals surface area contributed by atoms with Gasteiger partial charge in [-0.05, 0) is 18.2 Å². The molecule has 2 rings (SSSR count). The fourth-order valence-corrected chi connectivity index (χ4v) is 1.57. The molecule has 14 heavy (non-hydrogen) atoms. The first-order valence-corrected chi connectivity index (χ1v) is 4.84. The van der Waals surface area contributed by atoms with Gasteiger partial charge in [0.05, 0.1) is 5.69 Å². The first-order chi connectivity index (χ1) is 6.68. The van der Waals surface area contributed by atoms with Crippen molar-refractivity contribution in [3.8, 4) is 5.69 Å². The van der Waals surface area contributed by atoms with Crippen molar-refractivity contribution < 1.29 is 0 Å². The second-order valence-electron chi connectivity index (χ2n) is 2.89. The molecule has 0 saturated carbocycles. The maximum atomic E-state index is 11.5. The first kappa shape index (κ1) is 9.21. The van der Waals surface area contributed by atoms with Gasteiger partial charge in [0, 0.05) is 11.5 Å². The highest BCUT2D eigenvalue weighted by molar-refractivity contribution is 9.10. The maximum absolute atomic E-state index is 11.5. The molecule has 0 aliphatic heterocycles. The molecule has 0 unspecified atom stereocenters. The standard InChI is InChI=1S/C9H8BrN3O/c1-12-9(14)13(6-11-12)8-4-2-3-7(10)5-8/h2-6H,1H3. The van der Waals surface area contributed by atoms with Gasteiger partial charge in [0.25, 0.3) is 0 Å². The molecule has 0 fully saturated rings. The van der Waals surface area contributed by atoms with Gasteiger partial charge in [0.15, 0.2) is 0 Å². The lowest BCUT2D eigenvalue weighted by Crippen LogP contribution is -2.21. The van der Waals surface area contributed by atoms with Crippen LogP contribution in [-0.2, 0) is 7.05 Å². The molecule has 0 radical (unpaired) electrons. The van der Waals surface area contributed by atoms with Crippen LogP contribution in [0.2, 0.25) is 0 Å². The largest absolute Gasteiger partial charge is 0.350 e. The lowest BCUT2D eigenvalue weighted by molar-refractivity contribution is 0.726. The minimum atomic E-state index is -0.150. The van der Waals surface area contributed by atoms with E-state index in [0.29, 0.717) is 0 Å². The van der Waals surface area contributed by atoms with Crippen LogP contribution >= 0.6 is 15.9 Å². The van der Waals surface area contributed by atoms with Crippen molar-refractivity contribution in [2.75, 3.05) is 0 Å². The quantitative estimate of drug-likeness (QED) is 0.770. The Morgan fingerprint density at radius 3 is 2.79 bits per heavy atom. The minimum absolute atomic E-state index is 0.150. The number of nitrogens with zero attached hydrogens (tertiary/aromatic N) is 3. The van der Waals surface area contributed by atoms with E-state index in [-0.39, 0.29) is 5.69 Å². The van der Waals surface area contributed by atoms with Crippen LogP contribution in [0.1, 0.15) is 0 Å². The van der Waals surface area contributed by atoms with Gasteiger partial charge in [0.2, 0.25) is 0 Å². The molecule has 1 aromatic carbocycles. The summed E-state index contributed by atoms with van der Waals surface area (Å²) in [5.74, 6) is 0. The van der Waals surface area contributed by atoms with Crippen LogP contribution in [0.5, 0.6) is 0 Å². The number of rotatable bonds is 1. The summed E-state index contributed by atoms with van der Waals surface area (Å²) in [7, 11) is 1.62. The van der Waals surface area contributed by atoms with Gasteiger partial charge >= 0.3 is 5.69 Å². The molecule has 4 nitrogen and oxygen atoms in total. The zero-order valence-corrected chi connectivity index (χ0v) is 9.10. The topological polar surface area (TPSA) is 39.8 Å². The third-order valence-corrected chi connectivity index (χ3v) is 2.40. The van der Waals surface area contributed by atoms with Gasteiger partial charge in [-0.15, -0.1) is 0 Å². The number of hydrogen-bond donors (Lipinski definition) is 0. The molecule has 1 aromatic heterocycles. The Balaban J connectivity index is 2.60. The van der Waals surface area contributed by atoms with Crippen molar-refractivity contribution in [3.05, 3.63) is 45.5 Å². The second kappa shape index (κ2) is 3.42. The third-order valence-electron chi connectivity index (χ3n) is 1.91. The van der Waals surface area contributed by atoms with E-state index in [1.807, 2.05) is 24.3 Å². The number of aromatic nitrogens is 3. The minimum Gasteiger partial charge on any atom is -0.250 e. The predicted molar refractivity (Wildman–Crippen MR) is 56.5 cm³/mol. The molecule has 0 saturated heterocycles. The normalized spacial score (nSPS) is 10.4. The summed E-state index contributed by atoms with van der Waals surface area (Å²) in [4.78, 5) is 11.5. The zero-order valence-electron chi connectivity index (χ0n) is 7.51. The van der Waals surface area contributed by atoms with Crippen LogP contribution in [0.3, 0.4) is 0 Å². The van der Waals surface area contributed by atoms with Crippen molar-refractivity contribution in [1.29, 1.82) is 0 Å². The van der Waals surface area contributed by atoms with Gasteiger partial charge < -0.3 is 0 Å². The summed E-state index contributed by atoms with van der Waals surface area (Å²) in [5.41, 5.74) is 0.653. The van der Waals surface area contributed by atoms with E-state index >= 15 is 0 Å². The fourth-order valence-electron chi connectivity index (χ4n) is 1.19. The molecular weight excluding hydrogens is 246 g/mol. The Morgan fingerprint density at radius 2 is 2.21 bits per heavy atom.